The zero-order chi connectivity index (χ0) is 13.7. The zero-order valence-corrected chi connectivity index (χ0v) is 12.3. The molecule has 0 radical (unpaired) electrons. The number of hydrogen-bond acceptors (Lipinski definition) is 2. The number of nitrogens with zero attached hydrogens (tertiary/aromatic N) is 1. The van der Waals surface area contributed by atoms with Gasteiger partial charge >= 0.3 is 0 Å². The predicted molar refractivity (Wildman–Crippen MR) is 80.9 cm³/mol. The zero-order valence-electron chi connectivity index (χ0n) is 11.5. The van der Waals surface area contributed by atoms with E-state index < -0.39 is 0 Å². The van der Waals surface area contributed by atoms with Crippen LogP contribution in [0.4, 0.5) is 0 Å². The summed E-state index contributed by atoms with van der Waals surface area (Å²) in [5.41, 5.74) is 0.860. The van der Waals surface area contributed by atoms with E-state index in [1.807, 2.05) is 24.3 Å². The van der Waals surface area contributed by atoms with E-state index in [1.165, 1.54) is 12.8 Å². The van der Waals surface area contributed by atoms with Gasteiger partial charge in [-0.25, -0.2) is 4.98 Å². The van der Waals surface area contributed by atoms with Gasteiger partial charge in [-0.15, -0.1) is 11.6 Å². The van der Waals surface area contributed by atoms with Crippen molar-refractivity contribution in [2.45, 2.75) is 32.6 Å². The minimum absolute atomic E-state index is 0.408. The molecule has 1 heterocycles. The minimum atomic E-state index is 0.408. The van der Waals surface area contributed by atoms with Gasteiger partial charge in [0, 0.05) is 5.39 Å². The van der Waals surface area contributed by atoms with E-state index in [0.717, 1.165) is 16.5 Å². The molecule has 3 heteroatoms. The quantitative estimate of drug-likeness (QED) is 0.708. The van der Waals surface area contributed by atoms with Crippen LogP contribution in [0.25, 0.3) is 10.8 Å². The van der Waals surface area contributed by atoms with Crippen LogP contribution in [0.3, 0.4) is 0 Å². The summed E-state index contributed by atoms with van der Waals surface area (Å²) in [6, 6.07) is 10.1. The second-order valence-corrected chi connectivity index (χ2v) is 5.25. The van der Waals surface area contributed by atoms with Crippen molar-refractivity contribution in [1.29, 1.82) is 0 Å². The lowest BCUT2D eigenvalue weighted by Crippen LogP contribution is -2.09. The molecule has 0 amide bonds. The van der Waals surface area contributed by atoms with Crippen LogP contribution >= 0.6 is 11.6 Å². The van der Waals surface area contributed by atoms with Crippen LogP contribution in [0.5, 0.6) is 5.88 Å². The summed E-state index contributed by atoms with van der Waals surface area (Å²) in [7, 11) is 0. The molecule has 0 fully saturated rings. The largest absolute Gasteiger partial charge is 0.477 e. The number of benzene rings is 1. The van der Waals surface area contributed by atoms with E-state index in [9.17, 15) is 0 Å². The molecule has 1 unspecified atom stereocenters. The second kappa shape index (κ2) is 6.76. The molecule has 0 aliphatic carbocycles. The van der Waals surface area contributed by atoms with Crippen LogP contribution in [0.15, 0.2) is 30.3 Å². The molecule has 0 aliphatic rings. The lowest BCUT2D eigenvalue weighted by molar-refractivity contribution is 0.245. The molecule has 0 N–H and O–H groups in total. The summed E-state index contributed by atoms with van der Waals surface area (Å²) in [5, 5.41) is 2.19. The third-order valence-corrected chi connectivity index (χ3v) is 3.46. The fourth-order valence-corrected chi connectivity index (χ4v) is 2.33. The molecule has 0 aliphatic heterocycles. The highest BCUT2D eigenvalue weighted by atomic mass is 35.5. The van der Waals surface area contributed by atoms with E-state index in [0.29, 0.717) is 24.3 Å². The second-order valence-electron chi connectivity index (χ2n) is 4.98. The summed E-state index contributed by atoms with van der Waals surface area (Å²) < 4.78 is 5.91. The van der Waals surface area contributed by atoms with E-state index in [4.69, 9.17) is 16.3 Å². The Balaban J connectivity index is 2.25. The predicted octanol–water partition coefficient (Wildman–Crippen LogP) is 4.79. The summed E-state index contributed by atoms with van der Waals surface area (Å²) in [6.07, 6.45) is 2.35. The normalized spacial score (nSPS) is 12.6. The van der Waals surface area contributed by atoms with Gasteiger partial charge in [0.1, 0.15) is 0 Å². The van der Waals surface area contributed by atoms with Crippen molar-refractivity contribution in [1.82, 2.24) is 4.98 Å². The molecular formula is C16H20ClNO. The first-order chi connectivity index (χ1) is 9.24. The van der Waals surface area contributed by atoms with Gasteiger partial charge in [-0.05, 0) is 29.9 Å². The monoisotopic (exact) mass is 277 g/mol. The Labute approximate surface area is 119 Å². The van der Waals surface area contributed by atoms with Crippen LogP contribution in [-0.4, -0.2) is 11.6 Å². The topological polar surface area (TPSA) is 22.1 Å². The van der Waals surface area contributed by atoms with Crippen LogP contribution in [0.1, 0.15) is 32.4 Å². The Hall–Kier alpha value is -1.28. The maximum atomic E-state index is 5.91. The van der Waals surface area contributed by atoms with E-state index in [2.05, 4.69) is 24.9 Å². The van der Waals surface area contributed by atoms with Gasteiger partial charge in [-0.3, -0.25) is 0 Å². The van der Waals surface area contributed by atoms with Crippen molar-refractivity contribution in [3.05, 3.63) is 36.0 Å². The van der Waals surface area contributed by atoms with Gasteiger partial charge < -0.3 is 4.74 Å². The molecular weight excluding hydrogens is 258 g/mol. The SMILES string of the molecule is CCCC(C)COc1nc(CCl)cc2ccccc12. The van der Waals surface area contributed by atoms with Crippen LogP contribution in [-0.2, 0) is 5.88 Å². The number of fused-ring (bicyclic) bond motifs is 1. The highest BCUT2D eigenvalue weighted by molar-refractivity contribution is 6.17. The molecule has 0 saturated heterocycles. The first-order valence-corrected chi connectivity index (χ1v) is 7.35. The Kier molecular flexibility index (Phi) is 5.03. The average molecular weight is 278 g/mol. The maximum Gasteiger partial charge on any atom is 0.221 e. The number of alkyl halides is 1. The van der Waals surface area contributed by atoms with Crippen LogP contribution < -0.4 is 4.74 Å². The molecule has 2 aromatic rings. The number of pyridine rings is 1. The number of halogens is 1. The standard InChI is InChI=1S/C16H20ClNO/c1-3-6-12(2)11-19-16-15-8-5-4-7-13(15)9-14(10-17)18-16/h4-5,7-9,12H,3,6,10-11H2,1-2H3. The van der Waals surface area contributed by atoms with E-state index >= 15 is 0 Å². The Morgan fingerprint density at radius 3 is 2.84 bits per heavy atom. The molecule has 2 rings (SSSR count). The Morgan fingerprint density at radius 1 is 1.32 bits per heavy atom. The van der Waals surface area contributed by atoms with E-state index in [-0.39, 0.29) is 0 Å². The molecule has 0 spiro atoms. The minimum Gasteiger partial charge on any atom is -0.477 e. The first kappa shape index (κ1) is 14.1. The Morgan fingerprint density at radius 2 is 2.11 bits per heavy atom. The maximum absolute atomic E-state index is 5.91. The fraction of sp³-hybridized carbons (Fsp3) is 0.438. The average Bonchev–Trinajstić information content (AvgIpc) is 2.44. The van der Waals surface area contributed by atoms with Crippen molar-refractivity contribution in [2.24, 2.45) is 5.92 Å². The van der Waals surface area contributed by atoms with Gasteiger partial charge in [0.05, 0.1) is 18.2 Å². The molecule has 1 aromatic carbocycles. The van der Waals surface area contributed by atoms with Crippen LogP contribution in [0.2, 0.25) is 0 Å². The summed E-state index contributed by atoms with van der Waals surface area (Å²) in [6.45, 7) is 5.10. The molecule has 102 valence electrons. The van der Waals surface area contributed by atoms with Crippen molar-refractivity contribution in [3.8, 4) is 5.88 Å². The lowest BCUT2D eigenvalue weighted by Gasteiger charge is -2.13. The smallest absolute Gasteiger partial charge is 0.221 e. The fourth-order valence-electron chi connectivity index (χ4n) is 2.20. The van der Waals surface area contributed by atoms with Crippen molar-refractivity contribution in [3.63, 3.8) is 0 Å². The van der Waals surface area contributed by atoms with E-state index in [1.54, 1.807) is 0 Å². The number of ether oxygens (including phenoxy) is 1. The van der Waals surface area contributed by atoms with Crippen LogP contribution in [0, 0.1) is 5.92 Å². The van der Waals surface area contributed by atoms with Gasteiger partial charge in [0.15, 0.2) is 0 Å². The number of aromatic nitrogens is 1. The van der Waals surface area contributed by atoms with Crippen molar-refractivity contribution < 1.29 is 4.74 Å². The summed E-state index contributed by atoms with van der Waals surface area (Å²) >= 11 is 5.89. The number of rotatable bonds is 6. The van der Waals surface area contributed by atoms with Gasteiger partial charge in [0.2, 0.25) is 5.88 Å². The molecule has 1 atom stereocenters. The molecule has 0 bridgehead atoms. The molecule has 2 nitrogen and oxygen atoms in total. The third kappa shape index (κ3) is 3.60. The van der Waals surface area contributed by atoms with Crippen molar-refractivity contribution >= 4 is 22.4 Å². The highest BCUT2D eigenvalue weighted by Crippen LogP contribution is 2.25. The number of hydrogen-bond donors (Lipinski definition) is 0. The molecule has 19 heavy (non-hydrogen) atoms. The molecule has 1 aromatic heterocycles. The third-order valence-electron chi connectivity index (χ3n) is 3.18. The Bertz CT molecular complexity index is 541. The summed E-state index contributed by atoms with van der Waals surface area (Å²) in [5.74, 6) is 1.66. The lowest BCUT2D eigenvalue weighted by atomic mass is 10.1. The van der Waals surface area contributed by atoms with Gasteiger partial charge in [0.25, 0.3) is 0 Å². The van der Waals surface area contributed by atoms with Gasteiger partial charge in [-0.2, -0.15) is 0 Å². The summed E-state index contributed by atoms with van der Waals surface area (Å²) in [4.78, 5) is 4.50. The van der Waals surface area contributed by atoms with Gasteiger partial charge in [-0.1, -0.05) is 38.5 Å². The first-order valence-electron chi connectivity index (χ1n) is 6.82. The van der Waals surface area contributed by atoms with Crippen molar-refractivity contribution in [2.75, 3.05) is 6.61 Å². The highest BCUT2D eigenvalue weighted by Gasteiger charge is 2.08. The molecule has 0 saturated carbocycles.